The number of ether oxygens (including phenoxy) is 1. The Morgan fingerprint density at radius 1 is 1.08 bits per heavy atom. The van der Waals surface area contributed by atoms with E-state index in [2.05, 4.69) is 23.1 Å². The first-order valence-corrected chi connectivity index (χ1v) is 9.55. The van der Waals surface area contributed by atoms with Crippen molar-refractivity contribution in [1.29, 1.82) is 0 Å². The Labute approximate surface area is 168 Å². The molecule has 6 nitrogen and oxygen atoms in total. The van der Waals surface area contributed by atoms with Crippen LogP contribution in [0, 0.1) is 0 Å². The quantitative estimate of drug-likeness (QED) is 0.322. The Hall–Kier alpha value is -1.57. The number of rotatable bonds is 9. The summed E-state index contributed by atoms with van der Waals surface area (Å²) in [4.78, 5) is 23.4. The smallest absolute Gasteiger partial charge is 0.276 e. The van der Waals surface area contributed by atoms with Crippen LogP contribution < -0.4 is 20.9 Å². The third-order valence-electron chi connectivity index (χ3n) is 3.33. The number of carbonyl (C=O) groups is 2. The van der Waals surface area contributed by atoms with E-state index in [0.717, 1.165) is 25.7 Å². The number of unbranched alkanes of at least 4 members (excludes halogenated alkanes) is 4. The maximum absolute atomic E-state index is 11.7. The highest BCUT2D eigenvalue weighted by Gasteiger charge is 2.08. The minimum absolute atomic E-state index is 0.0291. The molecule has 0 bridgehead atoms. The van der Waals surface area contributed by atoms with Crippen molar-refractivity contribution in [3.05, 3.63) is 28.2 Å². The van der Waals surface area contributed by atoms with E-state index in [9.17, 15) is 9.59 Å². The van der Waals surface area contributed by atoms with Gasteiger partial charge in [0.1, 0.15) is 5.75 Å². The third-order valence-corrected chi connectivity index (χ3v) is 4.06. The predicted molar refractivity (Wildman–Crippen MR) is 107 cm³/mol. The zero-order valence-corrected chi connectivity index (χ0v) is 16.9. The van der Waals surface area contributed by atoms with Gasteiger partial charge in [0.25, 0.3) is 5.91 Å². The lowest BCUT2D eigenvalue weighted by molar-refractivity contribution is -0.124. The summed E-state index contributed by atoms with van der Waals surface area (Å²) < 4.78 is 5.28. The number of hydrogen-bond acceptors (Lipinski definition) is 4. The normalized spacial score (nSPS) is 10.1. The van der Waals surface area contributed by atoms with Crippen LogP contribution >= 0.6 is 35.4 Å². The molecule has 0 radical (unpaired) electrons. The van der Waals surface area contributed by atoms with Gasteiger partial charge in [0.15, 0.2) is 11.7 Å². The zero-order valence-electron chi connectivity index (χ0n) is 14.6. The number of benzene rings is 1. The summed E-state index contributed by atoms with van der Waals surface area (Å²) in [6, 6.07) is 4.68. The largest absolute Gasteiger partial charge is 0.482 e. The predicted octanol–water partition coefficient (Wildman–Crippen LogP) is 3.75. The van der Waals surface area contributed by atoms with Gasteiger partial charge in [-0.2, -0.15) is 0 Å². The SMILES string of the molecule is CCCCCCCC(=O)NC(=S)NNC(=O)COc1ccc(Cl)cc1Cl. The highest BCUT2D eigenvalue weighted by Crippen LogP contribution is 2.27. The fourth-order valence-electron chi connectivity index (χ4n) is 2.01. The van der Waals surface area contributed by atoms with E-state index in [-0.39, 0.29) is 17.6 Å². The number of carbonyl (C=O) groups excluding carboxylic acids is 2. The molecular formula is C17H23Cl2N3O3S. The van der Waals surface area contributed by atoms with Crippen molar-refractivity contribution in [2.45, 2.75) is 45.4 Å². The molecule has 0 aliphatic carbocycles. The molecule has 0 saturated carbocycles. The van der Waals surface area contributed by atoms with Crippen molar-refractivity contribution in [3.63, 3.8) is 0 Å². The molecule has 0 heterocycles. The van der Waals surface area contributed by atoms with Crippen molar-refractivity contribution >= 4 is 52.3 Å². The third kappa shape index (κ3) is 9.79. The maximum Gasteiger partial charge on any atom is 0.276 e. The van der Waals surface area contributed by atoms with Crippen LogP contribution in [0.3, 0.4) is 0 Å². The number of thiocarbonyl (C=S) groups is 1. The lowest BCUT2D eigenvalue weighted by Gasteiger charge is -2.12. The molecule has 0 unspecified atom stereocenters. The van der Waals surface area contributed by atoms with Crippen LogP contribution in [0.25, 0.3) is 0 Å². The van der Waals surface area contributed by atoms with Crippen LogP contribution in [0.4, 0.5) is 0 Å². The molecule has 26 heavy (non-hydrogen) atoms. The summed E-state index contributed by atoms with van der Waals surface area (Å²) in [6.45, 7) is 1.86. The van der Waals surface area contributed by atoms with E-state index in [0.29, 0.717) is 22.2 Å². The van der Waals surface area contributed by atoms with Gasteiger partial charge >= 0.3 is 0 Å². The van der Waals surface area contributed by atoms with Crippen molar-refractivity contribution in [2.75, 3.05) is 6.61 Å². The number of hydrazine groups is 1. The minimum Gasteiger partial charge on any atom is -0.482 e. The van der Waals surface area contributed by atoms with Gasteiger partial charge in [-0.15, -0.1) is 0 Å². The van der Waals surface area contributed by atoms with Gasteiger partial charge in [0.05, 0.1) is 5.02 Å². The first kappa shape index (κ1) is 22.5. The second kappa shape index (κ2) is 12.7. The van der Waals surface area contributed by atoms with Gasteiger partial charge in [-0.1, -0.05) is 55.8 Å². The number of halogens is 2. The Bertz CT molecular complexity index is 629. The van der Waals surface area contributed by atoms with Crippen LogP contribution in [0.2, 0.25) is 10.0 Å². The average Bonchev–Trinajstić information content (AvgIpc) is 2.59. The van der Waals surface area contributed by atoms with Crippen LogP contribution in [0.1, 0.15) is 45.4 Å². The summed E-state index contributed by atoms with van der Waals surface area (Å²) in [5.41, 5.74) is 4.78. The molecule has 1 aromatic carbocycles. The lowest BCUT2D eigenvalue weighted by atomic mass is 10.1. The van der Waals surface area contributed by atoms with Crippen molar-refractivity contribution < 1.29 is 14.3 Å². The Morgan fingerprint density at radius 2 is 1.81 bits per heavy atom. The number of hydrogen-bond donors (Lipinski definition) is 3. The van der Waals surface area contributed by atoms with Gasteiger partial charge in [0, 0.05) is 11.4 Å². The molecule has 0 aliphatic heterocycles. The van der Waals surface area contributed by atoms with Crippen LogP contribution in [-0.2, 0) is 9.59 Å². The lowest BCUT2D eigenvalue weighted by Crippen LogP contribution is -2.49. The molecule has 1 rings (SSSR count). The van der Waals surface area contributed by atoms with Gasteiger partial charge in [-0.25, -0.2) is 0 Å². The van der Waals surface area contributed by atoms with E-state index in [1.807, 2.05) is 0 Å². The fourth-order valence-corrected chi connectivity index (χ4v) is 2.64. The van der Waals surface area contributed by atoms with Gasteiger partial charge in [0.2, 0.25) is 5.91 Å². The Morgan fingerprint density at radius 3 is 2.50 bits per heavy atom. The highest BCUT2D eigenvalue weighted by atomic mass is 35.5. The average molecular weight is 420 g/mol. The number of amides is 2. The second-order valence-corrected chi connectivity index (χ2v) is 6.83. The molecule has 0 aliphatic rings. The maximum atomic E-state index is 11.7. The molecule has 9 heteroatoms. The first-order chi connectivity index (χ1) is 12.4. The van der Waals surface area contributed by atoms with E-state index in [4.69, 9.17) is 40.2 Å². The summed E-state index contributed by atoms with van der Waals surface area (Å²) >= 11 is 16.7. The van der Waals surface area contributed by atoms with Crippen LogP contribution in [0.5, 0.6) is 5.75 Å². The van der Waals surface area contributed by atoms with Crippen molar-refractivity contribution in [3.8, 4) is 5.75 Å². The Kier molecular flexibility index (Phi) is 11.0. The summed E-state index contributed by atoms with van der Waals surface area (Å²) in [5, 5.41) is 3.31. The van der Waals surface area contributed by atoms with Crippen LogP contribution in [-0.4, -0.2) is 23.5 Å². The van der Waals surface area contributed by atoms with Crippen molar-refractivity contribution in [1.82, 2.24) is 16.2 Å². The molecule has 0 spiro atoms. The summed E-state index contributed by atoms with van der Waals surface area (Å²) in [7, 11) is 0. The molecule has 0 saturated heterocycles. The van der Waals surface area contributed by atoms with E-state index >= 15 is 0 Å². The Balaban J connectivity index is 2.19. The van der Waals surface area contributed by atoms with E-state index < -0.39 is 5.91 Å². The van der Waals surface area contributed by atoms with Gasteiger partial charge in [-0.05, 0) is 36.8 Å². The van der Waals surface area contributed by atoms with Crippen molar-refractivity contribution in [2.24, 2.45) is 0 Å². The summed E-state index contributed by atoms with van der Waals surface area (Å²) in [6.07, 6.45) is 5.70. The molecule has 0 aromatic heterocycles. The first-order valence-electron chi connectivity index (χ1n) is 8.39. The zero-order chi connectivity index (χ0) is 19.4. The van der Waals surface area contributed by atoms with Gasteiger partial charge < -0.3 is 10.1 Å². The highest BCUT2D eigenvalue weighted by molar-refractivity contribution is 7.80. The molecule has 3 N–H and O–H groups in total. The van der Waals surface area contributed by atoms with E-state index in [1.54, 1.807) is 12.1 Å². The monoisotopic (exact) mass is 419 g/mol. The molecule has 144 valence electrons. The van der Waals surface area contributed by atoms with Gasteiger partial charge in [-0.3, -0.25) is 20.4 Å². The fraction of sp³-hybridized carbons (Fsp3) is 0.471. The number of nitrogens with one attached hydrogen (secondary N) is 3. The van der Waals surface area contributed by atoms with E-state index in [1.165, 1.54) is 12.5 Å². The summed E-state index contributed by atoms with van der Waals surface area (Å²) in [5.74, 6) is -0.324. The second-order valence-electron chi connectivity index (χ2n) is 5.58. The molecule has 1 aromatic rings. The molecule has 0 atom stereocenters. The minimum atomic E-state index is -0.479. The van der Waals surface area contributed by atoms with Crippen LogP contribution in [0.15, 0.2) is 18.2 Å². The standard InChI is InChI=1S/C17H23Cl2N3O3S/c1-2-3-4-5-6-7-15(23)20-17(26)22-21-16(24)11-25-14-9-8-12(18)10-13(14)19/h8-10H,2-7,11H2,1H3,(H,21,24)(H2,20,22,23,26). The molecule has 2 amide bonds. The molecule has 0 fully saturated rings. The molecular weight excluding hydrogens is 397 g/mol. The topological polar surface area (TPSA) is 79.5 Å².